The molecule has 1 aromatic rings. The smallest absolute Gasteiger partial charge is 0.240 e. The zero-order valence-electron chi connectivity index (χ0n) is 11.9. The molecule has 0 bridgehead atoms. The van der Waals surface area contributed by atoms with Crippen LogP contribution in [0.4, 0.5) is 5.13 Å². The Kier molecular flexibility index (Phi) is 5.22. The molecule has 1 amide bonds. The van der Waals surface area contributed by atoms with Crippen LogP contribution in [0.1, 0.15) is 31.2 Å². The minimum atomic E-state index is -0.0646. The van der Waals surface area contributed by atoms with E-state index in [1.807, 2.05) is 0 Å². The van der Waals surface area contributed by atoms with Crippen LogP contribution in [0, 0.1) is 0 Å². The highest BCUT2D eigenvalue weighted by atomic mass is 32.1. The van der Waals surface area contributed by atoms with Crippen LogP contribution in [0.15, 0.2) is 12.2 Å². The Morgan fingerprint density at radius 2 is 2.40 bits per heavy atom. The molecular formula is C13H21N5OS. The topological polar surface area (TPSA) is 84.1 Å². The second-order valence-electron chi connectivity index (χ2n) is 5.14. The quantitative estimate of drug-likeness (QED) is 0.797. The van der Waals surface area contributed by atoms with E-state index < -0.39 is 0 Å². The number of nitrogens with zero attached hydrogens (tertiary/aromatic N) is 3. The molecule has 0 saturated heterocycles. The number of carbonyl (C=O) groups excluding carboxylic acids is 1. The van der Waals surface area contributed by atoms with Crippen LogP contribution >= 0.6 is 11.3 Å². The van der Waals surface area contributed by atoms with Gasteiger partial charge in [0.25, 0.3) is 0 Å². The van der Waals surface area contributed by atoms with Crippen LogP contribution in [0.25, 0.3) is 0 Å². The van der Waals surface area contributed by atoms with Gasteiger partial charge in [-0.25, -0.2) is 0 Å². The Labute approximate surface area is 123 Å². The molecule has 1 aromatic heterocycles. The van der Waals surface area contributed by atoms with Gasteiger partial charge in [0.2, 0.25) is 11.0 Å². The molecule has 7 heteroatoms. The third-order valence-electron chi connectivity index (χ3n) is 3.18. The predicted octanol–water partition coefficient (Wildman–Crippen LogP) is 1.19. The maximum absolute atomic E-state index is 12.0. The lowest BCUT2D eigenvalue weighted by atomic mass is 10.1. The molecule has 1 aliphatic rings. The highest BCUT2D eigenvalue weighted by Gasteiger charge is 2.20. The third-order valence-corrected chi connectivity index (χ3v) is 4.32. The van der Waals surface area contributed by atoms with Crippen molar-refractivity contribution in [3.05, 3.63) is 17.2 Å². The zero-order valence-corrected chi connectivity index (χ0v) is 12.7. The lowest BCUT2D eigenvalue weighted by Crippen LogP contribution is -2.45. The molecule has 0 radical (unpaired) electrons. The lowest BCUT2D eigenvalue weighted by molar-refractivity contribution is -0.117. The number of amides is 1. The van der Waals surface area contributed by atoms with Crippen molar-refractivity contribution in [2.24, 2.45) is 5.73 Å². The Morgan fingerprint density at radius 1 is 1.60 bits per heavy atom. The summed E-state index contributed by atoms with van der Waals surface area (Å²) < 4.78 is 0. The van der Waals surface area contributed by atoms with Crippen LogP contribution in [-0.4, -0.2) is 46.7 Å². The maximum atomic E-state index is 12.0. The number of nitrogens with one attached hydrogen (secondary N) is 1. The summed E-state index contributed by atoms with van der Waals surface area (Å²) in [6.45, 7) is 5.83. The Balaban J connectivity index is 1.89. The zero-order chi connectivity index (χ0) is 14.5. The molecule has 110 valence electrons. The van der Waals surface area contributed by atoms with Crippen LogP contribution in [0.5, 0.6) is 0 Å². The third kappa shape index (κ3) is 3.84. The minimum Gasteiger partial charge on any atom is -0.329 e. The van der Waals surface area contributed by atoms with E-state index in [4.69, 9.17) is 5.73 Å². The molecule has 0 aromatic carbocycles. The van der Waals surface area contributed by atoms with Crippen molar-refractivity contribution in [3.63, 3.8) is 0 Å². The molecule has 1 aliphatic heterocycles. The van der Waals surface area contributed by atoms with Gasteiger partial charge in [0.15, 0.2) is 0 Å². The van der Waals surface area contributed by atoms with Crippen LogP contribution < -0.4 is 11.1 Å². The van der Waals surface area contributed by atoms with Crippen molar-refractivity contribution in [3.8, 4) is 0 Å². The van der Waals surface area contributed by atoms with Crippen molar-refractivity contribution in [1.82, 2.24) is 15.1 Å². The van der Waals surface area contributed by atoms with Gasteiger partial charge in [0.05, 0.1) is 6.54 Å². The van der Waals surface area contributed by atoms with Gasteiger partial charge in [-0.05, 0) is 6.42 Å². The van der Waals surface area contributed by atoms with Crippen molar-refractivity contribution in [2.45, 2.75) is 32.2 Å². The van der Waals surface area contributed by atoms with Gasteiger partial charge in [-0.1, -0.05) is 37.3 Å². The van der Waals surface area contributed by atoms with E-state index in [-0.39, 0.29) is 11.9 Å². The molecule has 3 N–H and O–H groups in total. The summed E-state index contributed by atoms with van der Waals surface area (Å²) in [6, 6.07) is 0.148. The molecule has 2 rings (SSSR count). The van der Waals surface area contributed by atoms with Gasteiger partial charge in [0.1, 0.15) is 5.01 Å². The molecule has 1 unspecified atom stereocenters. The van der Waals surface area contributed by atoms with Gasteiger partial charge in [-0.15, -0.1) is 10.2 Å². The summed E-state index contributed by atoms with van der Waals surface area (Å²) in [4.78, 5) is 14.1. The predicted molar refractivity (Wildman–Crippen MR) is 80.8 cm³/mol. The Morgan fingerprint density at radius 3 is 3.05 bits per heavy atom. The van der Waals surface area contributed by atoms with Crippen molar-refractivity contribution >= 4 is 22.4 Å². The number of aromatic nitrogens is 2. The number of hydrogen-bond donors (Lipinski definition) is 2. The summed E-state index contributed by atoms with van der Waals surface area (Å²) in [5.41, 5.74) is 5.71. The first kappa shape index (κ1) is 15.1. The number of nitrogens with two attached hydrogens (primary N) is 1. The van der Waals surface area contributed by atoms with Crippen LogP contribution in [0.2, 0.25) is 0 Å². The van der Waals surface area contributed by atoms with Gasteiger partial charge >= 0.3 is 0 Å². The van der Waals surface area contributed by atoms with E-state index in [0.717, 1.165) is 18.0 Å². The first-order valence-corrected chi connectivity index (χ1v) is 7.66. The molecular weight excluding hydrogens is 274 g/mol. The van der Waals surface area contributed by atoms with E-state index in [1.54, 1.807) is 0 Å². The first-order chi connectivity index (χ1) is 9.60. The standard InChI is InChI=1S/C13H21N5OS/c1-9(2)12-16-17-13(20-12)15-11(19)8-18-6-4-3-5-10(18)7-14/h3,5,9-10H,4,6-8,14H2,1-2H3,(H,15,17,19). The van der Waals surface area contributed by atoms with Crippen molar-refractivity contribution in [1.29, 1.82) is 0 Å². The summed E-state index contributed by atoms with van der Waals surface area (Å²) >= 11 is 1.43. The fourth-order valence-electron chi connectivity index (χ4n) is 2.07. The number of hydrogen-bond acceptors (Lipinski definition) is 6. The van der Waals surface area contributed by atoms with Crippen molar-refractivity contribution in [2.75, 3.05) is 25.0 Å². The first-order valence-electron chi connectivity index (χ1n) is 6.84. The SMILES string of the molecule is CC(C)c1nnc(NC(=O)CN2CCC=CC2CN)s1. The summed E-state index contributed by atoms with van der Waals surface area (Å²) in [5, 5.41) is 12.4. The summed E-state index contributed by atoms with van der Waals surface area (Å²) in [7, 11) is 0. The Hall–Kier alpha value is -1.31. The molecule has 6 nitrogen and oxygen atoms in total. The normalized spacial score (nSPS) is 19.5. The number of rotatable bonds is 5. The highest BCUT2D eigenvalue weighted by molar-refractivity contribution is 7.15. The largest absolute Gasteiger partial charge is 0.329 e. The minimum absolute atomic E-state index is 0.0646. The van der Waals surface area contributed by atoms with E-state index in [2.05, 4.69) is 46.4 Å². The number of carbonyl (C=O) groups is 1. The fraction of sp³-hybridized carbons (Fsp3) is 0.615. The van der Waals surface area contributed by atoms with Gasteiger partial charge in [-0.3, -0.25) is 15.0 Å². The second-order valence-corrected chi connectivity index (χ2v) is 6.15. The molecule has 2 heterocycles. The van der Waals surface area contributed by atoms with E-state index in [9.17, 15) is 4.79 Å². The highest BCUT2D eigenvalue weighted by Crippen LogP contribution is 2.22. The molecule has 20 heavy (non-hydrogen) atoms. The van der Waals surface area contributed by atoms with Gasteiger partial charge in [0, 0.05) is 25.0 Å². The van der Waals surface area contributed by atoms with Crippen LogP contribution in [0.3, 0.4) is 0 Å². The summed E-state index contributed by atoms with van der Waals surface area (Å²) in [5.74, 6) is 0.261. The molecule has 0 aliphatic carbocycles. The Bertz CT molecular complexity index is 485. The van der Waals surface area contributed by atoms with Crippen molar-refractivity contribution < 1.29 is 4.79 Å². The fourth-order valence-corrected chi connectivity index (χ4v) is 2.83. The maximum Gasteiger partial charge on any atom is 0.240 e. The molecule has 0 spiro atoms. The van der Waals surface area contributed by atoms with E-state index in [0.29, 0.717) is 24.1 Å². The molecule has 0 saturated carbocycles. The number of anilines is 1. The van der Waals surface area contributed by atoms with Crippen LogP contribution in [-0.2, 0) is 4.79 Å². The summed E-state index contributed by atoms with van der Waals surface area (Å²) in [6.07, 6.45) is 5.14. The van der Waals surface area contributed by atoms with Gasteiger partial charge < -0.3 is 5.73 Å². The van der Waals surface area contributed by atoms with Gasteiger partial charge in [-0.2, -0.15) is 0 Å². The van der Waals surface area contributed by atoms with E-state index in [1.165, 1.54) is 11.3 Å². The molecule has 1 atom stereocenters. The average molecular weight is 295 g/mol. The van der Waals surface area contributed by atoms with E-state index >= 15 is 0 Å². The lowest BCUT2D eigenvalue weighted by Gasteiger charge is -2.30. The second kappa shape index (κ2) is 6.92. The average Bonchev–Trinajstić information content (AvgIpc) is 2.88. The molecule has 0 fully saturated rings. The monoisotopic (exact) mass is 295 g/mol.